The summed E-state index contributed by atoms with van der Waals surface area (Å²) in [7, 11) is 1.73. The van der Waals surface area contributed by atoms with Crippen LogP contribution in [-0.4, -0.2) is 19.5 Å². The van der Waals surface area contributed by atoms with E-state index in [2.05, 4.69) is 16.6 Å². The molecule has 0 bridgehead atoms. The molecule has 13 heavy (non-hydrogen) atoms. The molecule has 0 atom stereocenters. The highest BCUT2D eigenvalue weighted by Crippen LogP contribution is 2.03. The normalized spacial score (nSPS) is 14.4. The molecule has 0 saturated heterocycles. The minimum Gasteiger partial charge on any atom is -0.296 e. The lowest BCUT2D eigenvalue weighted by molar-refractivity contribution is 1.29. The lowest BCUT2D eigenvalue weighted by Gasteiger charge is -1.95. The molecule has 0 aromatic heterocycles. The molecule has 0 aliphatic heterocycles. The van der Waals surface area contributed by atoms with E-state index in [9.17, 15) is 0 Å². The Balaban J connectivity index is 4.65. The third kappa shape index (κ3) is 4.90. The zero-order valence-electron chi connectivity index (χ0n) is 8.49. The van der Waals surface area contributed by atoms with Gasteiger partial charge in [0.2, 0.25) is 0 Å². The SMILES string of the molecule is C=CC(/C=N\C)=C(C)\N=C/C=C\C. The molecule has 0 aliphatic rings. The average molecular weight is 176 g/mol. The fourth-order valence-electron chi connectivity index (χ4n) is 0.748. The maximum absolute atomic E-state index is 4.21. The van der Waals surface area contributed by atoms with Gasteiger partial charge in [-0.15, -0.1) is 0 Å². The Morgan fingerprint density at radius 2 is 2.08 bits per heavy atom. The molecule has 70 valence electrons. The Morgan fingerprint density at radius 1 is 1.38 bits per heavy atom. The number of aliphatic imine (C=N–C) groups is 2. The van der Waals surface area contributed by atoms with Crippen molar-refractivity contribution in [3.63, 3.8) is 0 Å². The molecule has 0 aliphatic carbocycles. The summed E-state index contributed by atoms with van der Waals surface area (Å²) in [5.74, 6) is 0. The first kappa shape index (κ1) is 11.6. The first-order valence-electron chi connectivity index (χ1n) is 4.17. The van der Waals surface area contributed by atoms with Crippen LogP contribution < -0.4 is 0 Å². The van der Waals surface area contributed by atoms with Crippen LogP contribution in [0.25, 0.3) is 0 Å². The van der Waals surface area contributed by atoms with Crippen LogP contribution >= 0.6 is 0 Å². The number of hydrogen-bond acceptors (Lipinski definition) is 2. The van der Waals surface area contributed by atoms with E-state index in [1.54, 1.807) is 25.6 Å². The summed E-state index contributed by atoms with van der Waals surface area (Å²) >= 11 is 0. The van der Waals surface area contributed by atoms with E-state index in [0.29, 0.717) is 0 Å². The molecular formula is C11H16N2. The van der Waals surface area contributed by atoms with E-state index in [-0.39, 0.29) is 0 Å². The van der Waals surface area contributed by atoms with Gasteiger partial charge in [-0.2, -0.15) is 0 Å². The molecule has 0 spiro atoms. The highest BCUT2D eigenvalue weighted by Gasteiger charge is 1.90. The summed E-state index contributed by atoms with van der Waals surface area (Å²) in [6, 6.07) is 0. The second-order valence-electron chi connectivity index (χ2n) is 2.44. The fraction of sp³-hybridized carbons (Fsp3) is 0.273. The Bertz CT molecular complexity index is 268. The van der Waals surface area contributed by atoms with E-state index in [1.165, 1.54) is 0 Å². The van der Waals surface area contributed by atoms with Crippen LogP contribution in [0.3, 0.4) is 0 Å². The maximum Gasteiger partial charge on any atom is 0.0459 e. The van der Waals surface area contributed by atoms with Gasteiger partial charge in [0.1, 0.15) is 0 Å². The molecule has 0 amide bonds. The van der Waals surface area contributed by atoms with Gasteiger partial charge in [-0.3, -0.25) is 9.98 Å². The summed E-state index contributed by atoms with van der Waals surface area (Å²) in [4.78, 5) is 8.12. The van der Waals surface area contributed by atoms with Gasteiger partial charge in [-0.1, -0.05) is 18.7 Å². The lowest BCUT2D eigenvalue weighted by atomic mass is 10.2. The standard InChI is InChI=1S/C11H16N2/c1-5-7-8-13-10(3)11(6-2)9-12-4/h5-9H,2H2,1,3-4H3/b7-5-,11-10+,12-9-,13-8-. The lowest BCUT2D eigenvalue weighted by Crippen LogP contribution is -1.84. The minimum atomic E-state index is 0.915. The molecule has 0 fully saturated rings. The highest BCUT2D eigenvalue weighted by molar-refractivity contribution is 5.84. The second-order valence-corrected chi connectivity index (χ2v) is 2.44. The topological polar surface area (TPSA) is 24.7 Å². The molecule has 0 rings (SSSR count). The van der Waals surface area contributed by atoms with Gasteiger partial charge < -0.3 is 0 Å². The quantitative estimate of drug-likeness (QED) is 0.465. The van der Waals surface area contributed by atoms with E-state index in [1.807, 2.05) is 26.0 Å². The van der Waals surface area contributed by atoms with Gasteiger partial charge in [0.15, 0.2) is 0 Å². The molecule has 0 aromatic carbocycles. The van der Waals surface area contributed by atoms with Crippen LogP contribution in [0.4, 0.5) is 0 Å². The van der Waals surface area contributed by atoms with Crippen molar-refractivity contribution >= 4 is 12.4 Å². The van der Waals surface area contributed by atoms with E-state index in [4.69, 9.17) is 0 Å². The van der Waals surface area contributed by atoms with Crippen molar-refractivity contribution in [2.75, 3.05) is 7.05 Å². The van der Waals surface area contributed by atoms with Crippen LogP contribution in [0.2, 0.25) is 0 Å². The number of rotatable bonds is 4. The van der Waals surface area contributed by atoms with Gasteiger partial charge in [0.25, 0.3) is 0 Å². The third-order valence-corrected chi connectivity index (χ3v) is 1.45. The van der Waals surface area contributed by atoms with Crippen molar-refractivity contribution in [1.82, 2.24) is 0 Å². The monoisotopic (exact) mass is 176 g/mol. The maximum atomic E-state index is 4.21. The molecule has 0 radical (unpaired) electrons. The molecule has 2 heteroatoms. The molecule has 0 saturated carbocycles. The predicted octanol–water partition coefficient (Wildman–Crippen LogP) is 2.79. The second kappa shape index (κ2) is 7.22. The van der Waals surface area contributed by atoms with E-state index >= 15 is 0 Å². The zero-order valence-corrected chi connectivity index (χ0v) is 8.49. The van der Waals surface area contributed by atoms with Gasteiger partial charge in [-0.25, -0.2) is 0 Å². The van der Waals surface area contributed by atoms with Crippen LogP contribution in [0.1, 0.15) is 13.8 Å². The number of allylic oxidation sites excluding steroid dienone is 5. The predicted molar refractivity (Wildman–Crippen MR) is 60.6 cm³/mol. The summed E-state index contributed by atoms with van der Waals surface area (Å²) < 4.78 is 0. The summed E-state index contributed by atoms with van der Waals surface area (Å²) in [6.45, 7) is 7.57. The summed E-state index contributed by atoms with van der Waals surface area (Å²) in [6.07, 6.45) is 9.05. The molecule has 0 aromatic rings. The van der Waals surface area contributed by atoms with Crippen LogP contribution in [0, 0.1) is 0 Å². The van der Waals surface area contributed by atoms with E-state index < -0.39 is 0 Å². The van der Waals surface area contributed by atoms with Crippen LogP contribution in [0.15, 0.2) is 46.1 Å². The van der Waals surface area contributed by atoms with Crippen molar-refractivity contribution in [3.8, 4) is 0 Å². The summed E-state index contributed by atoms with van der Waals surface area (Å²) in [5, 5.41) is 0. The Morgan fingerprint density at radius 3 is 2.54 bits per heavy atom. The molecule has 0 N–H and O–H groups in total. The van der Waals surface area contributed by atoms with Crippen molar-refractivity contribution < 1.29 is 0 Å². The third-order valence-electron chi connectivity index (χ3n) is 1.45. The number of nitrogens with zero attached hydrogens (tertiary/aromatic N) is 2. The van der Waals surface area contributed by atoms with Gasteiger partial charge in [0, 0.05) is 30.7 Å². The van der Waals surface area contributed by atoms with Crippen LogP contribution in [0.5, 0.6) is 0 Å². The fourth-order valence-corrected chi connectivity index (χ4v) is 0.748. The minimum absolute atomic E-state index is 0.915. The van der Waals surface area contributed by atoms with Crippen molar-refractivity contribution in [2.24, 2.45) is 9.98 Å². The summed E-state index contributed by atoms with van der Waals surface area (Å²) in [5.41, 5.74) is 1.86. The highest BCUT2D eigenvalue weighted by atomic mass is 14.7. The molecular weight excluding hydrogens is 160 g/mol. The largest absolute Gasteiger partial charge is 0.296 e. The molecule has 0 unspecified atom stereocenters. The molecule has 0 heterocycles. The first-order valence-corrected chi connectivity index (χ1v) is 4.17. The van der Waals surface area contributed by atoms with Crippen molar-refractivity contribution in [1.29, 1.82) is 0 Å². The van der Waals surface area contributed by atoms with Crippen LogP contribution in [-0.2, 0) is 0 Å². The van der Waals surface area contributed by atoms with E-state index in [0.717, 1.165) is 11.3 Å². The van der Waals surface area contributed by atoms with Crippen molar-refractivity contribution in [3.05, 3.63) is 36.1 Å². The molecule has 2 nitrogen and oxygen atoms in total. The van der Waals surface area contributed by atoms with Gasteiger partial charge >= 0.3 is 0 Å². The number of hydrogen-bond donors (Lipinski definition) is 0. The first-order chi connectivity index (χ1) is 6.26. The Labute approximate surface area is 80.1 Å². The Kier molecular flexibility index (Phi) is 6.42. The Hall–Kier alpha value is -1.44. The smallest absolute Gasteiger partial charge is 0.0459 e. The zero-order chi connectivity index (χ0) is 10.1. The van der Waals surface area contributed by atoms with Gasteiger partial charge in [0.05, 0.1) is 0 Å². The average Bonchev–Trinajstić information content (AvgIpc) is 2.14. The van der Waals surface area contributed by atoms with Crippen molar-refractivity contribution in [2.45, 2.75) is 13.8 Å². The van der Waals surface area contributed by atoms with Gasteiger partial charge in [-0.05, 0) is 19.9 Å².